The number of alkyl halides is 1. The van der Waals surface area contributed by atoms with Crippen LogP contribution in [0.15, 0.2) is 18.2 Å². The molecule has 0 aliphatic rings. The lowest BCUT2D eigenvalue weighted by Crippen LogP contribution is -2.29. The van der Waals surface area contributed by atoms with E-state index in [1.54, 1.807) is 0 Å². The maximum absolute atomic E-state index is 11.7. The number of aromatic hydroxyl groups is 2. The Bertz CT molecular complexity index is 375. The largest absolute Gasteiger partial charge is 0.508 e. The Morgan fingerprint density at radius 3 is 2.47 bits per heavy atom. The van der Waals surface area contributed by atoms with Crippen LogP contribution < -0.4 is 5.32 Å². The Morgan fingerprint density at radius 2 is 1.94 bits per heavy atom. The maximum atomic E-state index is 11.7. The molecule has 94 valence electrons. The zero-order valence-corrected chi connectivity index (χ0v) is 11.2. The molecule has 0 fully saturated rings. The van der Waals surface area contributed by atoms with Crippen LogP contribution in [0.1, 0.15) is 30.1 Å². The van der Waals surface area contributed by atoms with Crippen LogP contribution in [-0.2, 0) is 0 Å². The molecule has 1 aromatic rings. The van der Waals surface area contributed by atoms with Crippen LogP contribution in [0, 0.1) is 0 Å². The second kappa shape index (κ2) is 6.49. The first-order valence-corrected chi connectivity index (χ1v) is 6.39. The van der Waals surface area contributed by atoms with Gasteiger partial charge < -0.3 is 15.5 Å². The first kappa shape index (κ1) is 13.8. The van der Waals surface area contributed by atoms with Crippen molar-refractivity contribution in [3.05, 3.63) is 23.8 Å². The molecule has 1 atom stereocenters. The van der Waals surface area contributed by atoms with Crippen molar-refractivity contribution in [3.63, 3.8) is 0 Å². The highest BCUT2D eigenvalue weighted by atomic mass is 79.9. The van der Waals surface area contributed by atoms with Crippen molar-refractivity contribution < 1.29 is 15.0 Å². The quantitative estimate of drug-likeness (QED) is 0.731. The zero-order valence-electron chi connectivity index (χ0n) is 9.61. The third-order valence-electron chi connectivity index (χ3n) is 2.25. The van der Waals surface area contributed by atoms with Crippen molar-refractivity contribution in [1.29, 1.82) is 0 Å². The number of carbonyl (C=O) groups is 1. The van der Waals surface area contributed by atoms with Crippen LogP contribution >= 0.6 is 15.9 Å². The summed E-state index contributed by atoms with van der Waals surface area (Å²) in [6.07, 6.45) is 2.02. The van der Waals surface area contributed by atoms with Gasteiger partial charge in [0, 0.05) is 23.0 Å². The normalized spacial score (nSPS) is 12.1. The fourth-order valence-electron chi connectivity index (χ4n) is 1.45. The number of halogens is 1. The van der Waals surface area contributed by atoms with E-state index in [1.807, 2.05) is 0 Å². The predicted molar refractivity (Wildman–Crippen MR) is 69.7 cm³/mol. The van der Waals surface area contributed by atoms with Gasteiger partial charge in [0.05, 0.1) is 0 Å². The molecule has 0 saturated carbocycles. The van der Waals surface area contributed by atoms with E-state index in [2.05, 4.69) is 28.2 Å². The van der Waals surface area contributed by atoms with Crippen LogP contribution in [0.4, 0.5) is 0 Å². The molecule has 1 aromatic carbocycles. The van der Waals surface area contributed by atoms with Crippen molar-refractivity contribution in [2.45, 2.75) is 24.6 Å². The Kier molecular flexibility index (Phi) is 5.28. The molecule has 0 aromatic heterocycles. The maximum Gasteiger partial charge on any atom is 0.251 e. The molecule has 0 radical (unpaired) electrons. The Balaban J connectivity index is 2.58. The lowest BCUT2D eigenvalue weighted by atomic mass is 10.2. The number of hydrogen-bond donors (Lipinski definition) is 3. The highest BCUT2D eigenvalue weighted by Gasteiger charge is 2.10. The first-order chi connectivity index (χ1) is 8.02. The summed E-state index contributed by atoms with van der Waals surface area (Å²) in [6.45, 7) is 2.59. The molecule has 1 rings (SSSR count). The van der Waals surface area contributed by atoms with Gasteiger partial charge in [-0.05, 0) is 18.6 Å². The Morgan fingerprint density at radius 1 is 1.35 bits per heavy atom. The summed E-state index contributed by atoms with van der Waals surface area (Å²) in [6, 6.07) is 3.82. The lowest BCUT2D eigenvalue weighted by molar-refractivity contribution is 0.0953. The minimum Gasteiger partial charge on any atom is -0.508 e. The monoisotopic (exact) mass is 301 g/mol. The predicted octanol–water partition coefficient (Wildman–Crippen LogP) is 2.39. The number of phenols is 2. The topological polar surface area (TPSA) is 69.6 Å². The summed E-state index contributed by atoms with van der Waals surface area (Å²) in [5, 5.41) is 21.2. The highest BCUT2D eigenvalue weighted by molar-refractivity contribution is 9.09. The zero-order chi connectivity index (χ0) is 12.8. The van der Waals surface area contributed by atoms with Crippen molar-refractivity contribution in [2.75, 3.05) is 6.54 Å². The number of amides is 1. The number of carbonyl (C=O) groups excluding carboxylic acids is 1. The van der Waals surface area contributed by atoms with Crippen LogP contribution in [0.3, 0.4) is 0 Å². The molecule has 1 amide bonds. The molecular formula is C12H16BrNO3. The van der Waals surface area contributed by atoms with E-state index < -0.39 is 0 Å². The third-order valence-corrected chi connectivity index (χ3v) is 3.03. The smallest absolute Gasteiger partial charge is 0.251 e. The number of benzene rings is 1. The minimum absolute atomic E-state index is 0.126. The molecule has 0 aliphatic carbocycles. The lowest BCUT2D eigenvalue weighted by Gasteiger charge is -2.10. The van der Waals surface area contributed by atoms with Crippen molar-refractivity contribution in [2.24, 2.45) is 0 Å². The van der Waals surface area contributed by atoms with Gasteiger partial charge in [0.25, 0.3) is 5.91 Å². The Labute approximate surface area is 109 Å². The van der Waals surface area contributed by atoms with Gasteiger partial charge in [0.2, 0.25) is 0 Å². The van der Waals surface area contributed by atoms with Crippen LogP contribution in [0.25, 0.3) is 0 Å². The van der Waals surface area contributed by atoms with Gasteiger partial charge >= 0.3 is 0 Å². The average molecular weight is 302 g/mol. The molecule has 0 saturated heterocycles. The molecule has 4 nitrogen and oxygen atoms in total. The van der Waals surface area contributed by atoms with E-state index in [1.165, 1.54) is 18.2 Å². The molecule has 3 N–H and O–H groups in total. The van der Waals surface area contributed by atoms with E-state index in [9.17, 15) is 15.0 Å². The van der Waals surface area contributed by atoms with Crippen molar-refractivity contribution >= 4 is 21.8 Å². The molecule has 5 heteroatoms. The van der Waals surface area contributed by atoms with Crippen LogP contribution in [0.5, 0.6) is 11.5 Å². The van der Waals surface area contributed by atoms with E-state index in [4.69, 9.17) is 0 Å². The molecule has 0 heterocycles. The molecule has 0 aliphatic heterocycles. The fraction of sp³-hybridized carbons (Fsp3) is 0.417. The first-order valence-electron chi connectivity index (χ1n) is 5.48. The molecular weight excluding hydrogens is 286 g/mol. The summed E-state index contributed by atoms with van der Waals surface area (Å²) >= 11 is 3.45. The van der Waals surface area contributed by atoms with E-state index >= 15 is 0 Å². The Hall–Kier alpha value is -1.23. The molecule has 1 unspecified atom stereocenters. The fourth-order valence-corrected chi connectivity index (χ4v) is 2.07. The van der Waals surface area contributed by atoms with E-state index in [0.29, 0.717) is 6.54 Å². The minimum atomic E-state index is -0.309. The summed E-state index contributed by atoms with van der Waals surface area (Å²) in [5.41, 5.74) is 0.249. The summed E-state index contributed by atoms with van der Waals surface area (Å²) in [4.78, 5) is 11.9. The van der Waals surface area contributed by atoms with Gasteiger partial charge in [0.1, 0.15) is 11.5 Å². The van der Waals surface area contributed by atoms with Gasteiger partial charge in [-0.15, -0.1) is 0 Å². The second-order valence-electron chi connectivity index (χ2n) is 3.83. The van der Waals surface area contributed by atoms with Crippen LogP contribution in [0.2, 0.25) is 0 Å². The van der Waals surface area contributed by atoms with E-state index in [0.717, 1.165) is 12.8 Å². The second-order valence-corrected chi connectivity index (χ2v) is 5.13. The van der Waals surface area contributed by atoms with Gasteiger partial charge in [0.15, 0.2) is 0 Å². The number of hydrogen-bond acceptors (Lipinski definition) is 3. The summed E-state index contributed by atoms with van der Waals surface area (Å²) < 4.78 is 0. The average Bonchev–Trinajstić information content (AvgIpc) is 2.25. The van der Waals surface area contributed by atoms with Gasteiger partial charge in [-0.2, -0.15) is 0 Å². The molecule has 17 heavy (non-hydrogen) atoms. The van der Waals surface area contributed by atoms with Gasteiger partial charge in [-0.25, -0.2) is 0 Å². The highest BCUT2D eigenvalue weighted by Crippen LogP contribution is 2.20. The summed E-state index contributed by atoms with van der Waals surface area (Å²) in [7, 11) is 0. The number of rotatable bonds is 5. The SMILES string of the molecule is CCCC(Br)CNC(=O)c1cc(O)cc(O)c1. The standard InChI is InChI=1S/C12H16BrNO3/c1-2-3-9(13)7-14-12(17)8-4-10(15)6-11(16)5-8/h4-6,9,15-16H,2-3,7H2,1H3,(H,14,17). The van der Waals surface area contributed by atoms with Gasteiger partial charge in [-0.3, -0.25) is 4.79 Å². The third kappa shape index (κ3) is 4.65. The van der Waals surface area contributed by atoms with Gasteiger partial charge in [-0.1, -0.05) is 29.3 Å². The molecule has 0 bridgehead atoms. The van der Waals surface area contributed by atoms with E-state index in [-0.39, 0.29) is 27.8 Å². The van der Waals surface area contributed by atoms with Crippen molar-refractivity contribution in [1.82, 2.24) is 5.32 Å². The number of phenolic OH excluding ortho intramolecular Hbond substituents is 2. The van der Waals surface area contributed by atoms with Crippen molar-refractivity contribution in [3.8, 4) is 11.5 Å². The number of nitrogens with one attached hydrogen (secondary N) is 1. The molecule has 0 spiro atoms. The van der Waals surface area contributed by atoms with Crippen LogP contribution in [-0.4, -0.2) is 27.5 Å². The summed E-state index contributed by atoms with van der Waals surface area (Å²) in [5.74, 6) is -0.560.